The van der Waals surface area contributed by atoms with Gasteiger partial charge in [-0.25, -0.2) is 13.8 Å². The van der Waals surface area contributed by atoms with E-state index < -0.39 is 11.6 Å². The highest BCUT2D eigenvalue weighted by molar-refractivity contribution is 5.55. The minimum atomic E-state index is -0.697. The maximum Gasteiger partial charge on any atom is 0.229 e. The molecule has 0 radical (unpaired) electrons. The van der Waals surface area contributed by atoms with Gasteiger partial charge in [0.1, 0.15) is 17.5 Å². The van der Waals surface area contributed by atoms with E-state index in [9.17, 15) is 8.78 Å². The van der Waals surface area contributed by atoms with Gasteiger partial charge in [0.25, 0.3) is 0 Å². The van der Waals surface area contributed by atoms with Crippen molar-refractivity contribution < 1.29 is 8.78 Å². The summed E-state index contributed by atoms with van der Waals surface area (Å²) >= 11 is 0. The van der Waals surface area contributed by atoms with Crippen LogP contribution in [0.3, 0.4) is 0 Å². The van der Waals surface area contributed by atoms with Crippen molar-refractivity contribution in [1.29, 1.82) is 0 Å². The molecule has 3 rings (SSSR count). The molecular weight excluding hydrogens is 310 g/mol. The van der Waals surface area contributed by atoms with E-state index in [1.165, 1.54) is 17.7 Å². The van der Waals surface area contributed by atoms with Gasteiger partial charge in [0.05, 0.1) is 5.69 Å². The van der Waals surface area contributed by atoms with Gasteiger partial charge < -0.3 is 10.6 Å². The lowest BCUT2D eigenvalue weighted by atomic mass is 10.1. The molecular formula is C18H16F2N4. The number of anilines is 3. The van der Waals surface area contributed by atoms with Crippen molar-refractivity contribution in [3.8, 4) is 0 Å². The van der Waals surface area contributed by atoms with Gasteiger partial charge in [0, 0.05) is 18.8 Å². The molecule has 0 atom stereocenters. The molecule has 6 heteroatoms. The molecule has 0 saturated carbocycles. The van der Waals surface area contributed by atoms with Gasteiger partial charge in [-0.1, -0.05) is 24.3 Å². The summed E-state index contributed by atoms with van der Waals surface area (Å²) in [5.41, 5.74) is 2.47. The zero-order valence-electron chi connectivity index (χ0n) is 13.1. The summed E-state index contributed by atoms with van der Waals surface area (Å²) in [5.74, 6) is -0.488. The van der Waals surface area contributed by atoms with E-state index >= 15 is 0 Å². The zero-order chi connectivity index (χ0) is 16.9. The van der Waals surface area contributed by atoms with Crippen LogP contribution in [0.15, 0.2) is 54.7 Å². The van der Waals surface area contributed by atoms with Gasteiger partial charge in [-0.2, -0.15) is 4.98 Å². The van der Waals surface area contributed by atoms with E-state index in [0.717, 1.165) is 11.6 Å². The molecule has 0 bridgehead atoms. The third-order valence-corrected chi connectivity index (χ3v) is 3.55. The molecule has 1 heterocycles. The molecule has 0 amide bonds. The minimum absolute atomic E-state index is 0.118. The van der Waals surface area contributed by atoms with Crippen molar-refractivity contribution in [2.75, 3.05) is 10.6 Å². The lowest BCUT2D eigenvalue weighted by Gasteiger charge is -2.10. The van der Waals surface area contributed by atoms with Crippen molar-refractivity contribution in [1.82, 2.24) is 9.97 Å². The maximum absolute atomic E-state index is 13.7. The quantitative estimate of drug-likeness (QED) is 0.729. The van der Waals surface area contributed by atoms with Crippen molar-refractivity contribution in [2.24, 2.45) is 0 Å². The Hall–Kier alpha value is -3.02. The first-order chi connectivity index (χ1) is 11.6. The molecule has 3 aromatic rings. The van der Waals surface area contributed by atoms with E-state index in [0.29, 0.717) is 12.4 Å². The fourth-order valence-corrected chi connectivity index (χ4v) is 2.22. The monoisotopic (exact) mass is 326 g/mol. The summed E-state index contributed by atoms with van der Waals surface area (Å²) in [6.07, 6.45) is 1.57. The third kappa shape index (κ3) is 3.84. The van der Waals surface area contributed by atoms with Gasteiger partial charge in [0.2, 0.25) is 5.95 Å². The Morgan fingerprint density at radius 1 is 1.04 bits per heavy atom. The second-order valence-corrected chi connectivity index (χ2v) is 5.29. The van der Waals surface area contributed by atoms with Crippen LogP contribution in [0, 0.1) is 18.6 Å². The van der Waals surface area contributed by atoms with Gasteiger partial charge in [0.15, 0.2) is 0 Å². The Labute approximate surface area is 138 Å². The fraction of sp³-hybridized carbons (Fsp3) is 0.111. The van der Waals surface area contributed by atoms with Crippen LogP contribution in [0.1, 0.15) is 11.1 Å². The second kappa shape index (κ2) is 7.04. The Morgan fingerprint density at radius 3 is 2.67 bits per heavy atom. The second-order valence-electron chi connectivity index (χ2n) is 5.29. The number of rotatable bonds is 5. The number of halogens is 2. The van der Waals surface area contributed by atoms with E-state index in [1.54, 1.807) is 12.3 Å². The smallest absolute Gasteiger partial charge is 0.229 e. The van der Waals surface area contributed by atoms with Crippen LogP contribution in [0.5, 0.6) is 0 Å². The van der Waals surface area contributed by atoms with Gasteiger partial charge in [-0.3, -0.25) is 0 Å². The normalized spacial score (nSPS) is 10.5. The van der Waals surface area contributed by atoms with Gasteiger partial charge in [-0.05, 0) is 36.2 Å². The summed E-state index contributed by atoms with van der Waals surface area (Å²) in [6.45, 7) is 2.66. The summed E-state index contributed by atoms with van der Waals surface area (Å²) in [4.78, 5) is 8.33. The van der Waals surface area contributed by atoms with Crippen molar-refractivity contribution in [3.05, 3.63) is 77.5 Å². The van der Waals surface area contributed by atoms with Crippen LogP contribution in [-0.4, -0.2) is 9.97 Å². The molecule has 0 fully saturated rings. The average Bonchev–Trinajstić information content (AvgIpc) is 2.57. The number of nitrogens with one attached hydrogen (secondary N) is 2. The van der Waals surface area contributed by atoms with Crippen LogP contribution in [0.2, 0.25) is 0 Å². The summed E-state index contributed by atoms with van der Waals surface area (Å²) in [7, 11) is 0. The molecule has 122 valence electrons. The van der Waals surface area contributed by atoms with Gasteiger partial charge in [-0.15, -0.1) is 0 Å². The first kappa shape index (κ1) is 15.9. The topological polar surface area (TPSA) is 49.8 Å². The van der Waals surface area contributed by atoms with E-state index in [2.05, 4.69) is 20.6 Å². The van der Waals surface area contributed by atoms with Crippen LogP contribution >= 0.6 is 0 Å². The highest BCUT2D eigenvalue weighted by Gasteiger charge is 2.06. The Morgan fingerprint density at radius 2 is 1.88 bits per heavy atom. The molecule has 0 spiro atoms. The molecule has 0 saturated heterocycles. The first-order valence-corrected chi connectivity index (χ1v) is 7.45. The number of aryl methyl sites for hydroxylation is 1. The SMILES string of the molecule is Cc1ccccc1CNc1ccnc(Nc2ccc(F)cc2F)n1. The lowest BCUT2D eigenvalue weighted by Crippen LogP contribution is -2.05. The molecule has 1 aromatic heterocycles. The average molecular weight is 326 g/mol. The number of hydrogen-bond donors (Lipinski definition) is 2. The maximum atomic E-state index is 13.7. The minimum Gasteiger partial charge on any atom is -0.366 e. The lowest BCUT2D eigenvalue weighted by molar-refractivity contribution is 0.586. The fourth-order valence-electron chi connectivity index (χ4n) is 2.22. The van der Waals surface area contributed by atoms with Gasteiger partial charge >= 0.3 is 0 Å². The highest BCUT2D eigenvalue weighted by atomic mass is 19.1. The van der Waals surface area contributed by atoms with E-state index in [4.69, 9.17) is 0 Å². The first-order valence-electron chi connectivity index (χ1n) is 7.45. The highest BCUT2D eigenvalue weighted by Crippen LogP contribution is 2.19. The summed E-state index contributed by atoms with van der Waals surface area (Å²) in [5, 5.41) is 5.95. The standard InChI is InChI=1S/C18H16F2N4/c1-12-4-2-3-5-13(12)11-22-17-8-9-21-18(24-17)23-16-7-6-14(19)10-15(16)20/h2-10H,11H2,1H3,(H2,21,22,23,24). The molecule has 2 aromatic carbocycles. The summed E-state index contributed by atoms with van der Waals surface area (Å²) in [6, 6.07) is 13.1. The predicted molar refractivity (Wildman–Crippen MR) is 90.2 cm³/mol. The Balaban J connectivity index is 1.71. The Bertz CT molecular complexity index is 852. The third-order valence-electron chi connectivity index (χ3n) is 3.55. The molecule has 4 nitrogen and oxygen atoms in total. The van der Waals surface area contributed by atoms with E-state index in [1.807, 2.05) is 31.2 Å². The number of aromatic nitrogens is 2. The number of benzene rings is 2. The molecule has 24 heavy (non-hydrogen) atoms. The number of hydrogen-bond acceptors (Lipinski definition) is 4. The Kier molecular flexibility index (Phi) is 4.65. The number of nitrogens with zero attached hydrogens (tertiary/aromatic N) is 2. The van der Waals surface area contributed by atoms with Crippen molar-refractivity contribution in [3.63, 3.8) is 0 Å². The van der Waals surface area contributed by atoms with Crippen molar-refractivity contribution >= 4 is 17.5 Å². The van der Waals surface area contributed by atoms with Crippen LogP contribution in [0.4, 0.5) is 26.2 Å². The van der Waals surface area contributed by atoms with Crippen LogP contribution < -0.4 is 10.6 Å². The predicted octanol–water partition coefficient (Wildman–Crippen LogP) is 4.42. The van der Waals surface area contributed by atoms with Crippen LogP contribution in [-0.2, 0) is 6.54 Å². The largest absolute Gasteiger partial charge is 0.366 e. The molecule has 0 aliphatic heterocycles. The molecule has 0 unspecified atom stereocenters. The molecule has 2 N–H and O–H groups in total. The zero-order valence-corrected chi connectivity index (χ0v) is 13.1. The van der Waals surface area contributed by atoms with E-state index in [-0.39, 0.29) is 11.6 Å². The molecule has 0 aliphatic carbocycles. The summed E-state index contributed by atoms with van der Waals surface area (Å²) < 4.78 is 26.6. The van der Waals surface area contributed by atoms with Crippen molar-refractivity contribution in [2.45, 2.75) is 13.5 Å². The van der Waals surface area contributed by atoms with Crippen LogP contribution in [0.25, 0.3) is 0 Å². The molecule has 0 aliphatic rings.